The lowest BCUT2D eigenvalue weighted by atomic mass is 10.0. The summed E-state index contributed by atoms with van der Waals surface area (Å²) in [6.07, 6.45) is 1.46. The number of benzene rings is 2. The number of hydrogen-bond acceptors (Lipinski definition) is 4. The zero-order valence-corrected chi connectivity index (χ0v) is 11.9. The zero-order valence-electron chi connectivity index (χ0n) is 11.9. The Bertz CT molecular complexity index is 755. The Balaban J connectivity index is 1.84. The third kappa shape index (κ3) is 1.89. The highest BCUT2D eigenvalue weighted by molar-refractivity contribution is 6.02. The number of nitrogens with one attached hydrogen (secondary N) is 1. The summed E-state index contributed by atoms with van der Waals surface area (Å²) in [6.45, 7) is 0. The Labute approximate surface area is 127 Å². The van der Waals surface area contributed by atoms with Crippen molar-refractivity contribution in [2.45, 2.75) is 25.0 Å². The van der Waals surface area contributed by atoms with Gasteiger partial charge in [0.05, 0.1) is 5.56 Å². The molecule has 1 amide bonds. The highest BCUT2D eigenvalue weighted by Gasteiger charge is 2.42. The van der Waals surface area contributed by atoms with Crippen LogP contribution in [-0.4, -0.2) is 27.1 Å². The van der Waals surface area contributed by atoms with E-state index in [1.807, 2.05) is 18.2 Å². The van der Waals surface area contributed by atoms with E-state index in [1.54, 1.807) is 23.1 Å². The van der Waals surface area contributed by atoms with E-state index < -0.39 is 6.17 Å². The second-order valence-corrected chi connectivity index (χ2v) is 5.75. The van der Waals surface area contributed by atoms with Crippen molar-refractivity contribution in [2.75, 3.05) is 5.32 Å². The van der Waals surface area contributed by atoms with Gasteiger partial charge in [-0.2, -0.15) is 0 Å². The SMILES string of the molecule is O=C1c2ccccc2N[C@@H](c2cccc(O)c2O)N1C1CC1. The maximum absolute atomic E-state index is 12.8. The van der Waals surface area contributed by atoms with Gasteiger partial charge < -0.3 is 20.4 Å². The van der Waals surface area contributed by atoms with Crippen molar-refractivity contribution in [1.29, 1.82) is 0 Å². The van der Waals surface area contributed by atoms with E-state index in [9.17, 15) is 15.0 Å². The molecule has 22 heavy (non-hydrogen) atoms. The lowest BCUT2D eigenvalue weighted by molar-refractivity contribution is 0.0664. The third-order valence-electron chi connectivity index (χ3n) is 4.24. The molecule has 0 spiro atoms. The van der Waals surface area contributed by atoms with Crippen molar-refractivity contribution in [3.63, 3.8) is 0 Å². The zero-order chi connectivity index (χ0) is 15.3. The quantitative estimate of drug-likeness (QED) is 0.745. The first-order valence-electron chi connectivity index (χ1n) is 7.36. The molecule has 2 aromatic carbocycles. The number of amides is 1. The number of hydrogen-bond donors (Lipinski definition) is 3. The van der Waals surface area contributed by atoms with Gasteiger partial charge in [0.25, 0.3) is 5.91 Å². The van der Waals surface area contributed by atoms with Gasteiger partial charge >= 0.3 is 0 Å². The topological polar surface area (TPSA) is 72.8 Å². The molecule has 2 aliphatic rings. The molecule has 1 heterocycles. The van der Waals surface area contributed by atoms with E-state index >= 15 is 0 Å². The van der Waals surface area contributed by atoms with Gasteiger partial charge in [-0.1, -0.05) is 24.3 Å². The van der Waals surface area contributed by atoms with Gasteiger partial charge in [-0.05, 0) is 31.0 Å². The second-order valence-electron chi connectivity index (χ2n) is 5.75. The summed E-state index contributed by atoms with van der Waals surface area (Å²) in [5.74, 6) is -0.399. The summed E-state index contributed by atoms with van der Waals surface area (Å²) in [4.78, 5) is 14.6. The molecule has 1 fully saturated rings. The Morgan fingerprint density at radius 2 is 1.82 bits per heavy atom. The molecule has 4 rings (SSSR count). The summed E-state index contributed by atoms with van der Waals surface area (Å²) < 4.78 is 0. The van der Waals surface area contributed by atoms with E-state index in [4.69, 9.17) is 0 Å². The van der Waals surface area contributed by atoms with Crippen molar-refractivity contribution >= 4 is 11.6 Å². The fraction of sp³-hybridized carbons (Fsp3) is 0.235. The largest absolute Gasteiger partial charge is 0.504 e. The van der Waals surface area contributed by atoms with Crippen LogP contribution in [0.3, 0.4) is 0 Å². The van der Waals surface area contributed by atoms with Crippen LogP contribution in [0.2, 0.25) is 0 Å². The van der Waals surface area contributed by atoms with Gasteiger partial charge in [0.1, 0.15) is 6.17 Å². The number of para-hydroxylation sites is 2. The lowest BCUT2D eigenvalue weighted by Gasteiger charge is -2.38. The third-order valence-corrected chi connectivity index (χ3v) is 4.24. The smallest absolute Gasteiger partial charge is 0.258 e. The molecule has 1 saturated carbocycles. The fourth-order valence-electron chi connectivity index (χ4n) is 2.99. The molecule has 112 valence electrons. The van der Waals surface area contributed by atoms with Crippen LogP contribution in [0.15, 0.2) is 42.5 Å². The Morgan fingerprint density at radius 3 is 2.59 bits per heavy atom. The van der Waals surface area contributed by atoms with E-state index in [2.05, 4.69) is 5.32 Å². The molecule has 0 unspecified atom stereocenters. The Hall–Kier alpha value is -2.69. The molecule has 1 atom stereocenters. The number of fused-ring (bicyclic) bond motifs is 1. The number of nitrogens with zero attached hydrogens (tertiary/aromatic N) is 1. The number of aromatic hydroxyl groups is 2. The first-order chi connectivity index (χ1) is 10.7. The van der Waals surface area contributed by atoms with Crippen molar-refractivity contribution in [3.8, 4) is 11.5 Å². The van der Waals surface area contributed by atoms with E-state index in [0.29, 0.717) is 11.1 Å². The summed E-state index contributed by atoms with van der Waals surface area (Å²) in [6, 6.07) is 12.4. The van der Waals surface area contributed by atoms with Crippen LogP contribution in [0.1, 0.15) is 34.9 Å². The molecular weight excluding hydrogens is 280 g/mol. The van der Waals surface area contributed by atoms with Gasteiger partial charge in [0.15, 0.2) is 11.5 Å². The number of phenols is 2. The molecule has 1 aliphatic carbocycles. The van der Waals surface area contributed by atoms with Crippen LogP contribution >= 0.6 is 0 Å². The number of phenolic OH excluding ortho intramolecular Hbond substituents is 2. The highest BCUT2D eigenvalue weighted by Crippen LogP contribution is 2.44. The Morgan fingerprint density at radius 1 is 1.05 bits per heavy atom. The average Bonchev–Trinajstić information content (AvgIpc) is 3.35. The van der Waals surface area contributed by atoms with Crippen LogP contribution in [-0.2, 0) is 0 Å². The number of carbonyl (C=O) groups is 1. The molecule has 5 heteroatoms. The highest BCUT2D eigenvalue weighted by atomic mass is 16.3. The molecule has 3 N–H and O–H groups in total. The van der Waals surface area contributed by atoms with E-state index in [0.717, 1.165) is 18.5 Å². The number of rotatable bonds is 2. The van der Waals surface area contributed by atoms with Crippen molar-refractivity contribution in [3.05, 3.63) is 53.6 Å². The minimum Gasteiger partial charge on any atom is -0.504 e. The Kier molecular flexibility index (Phi) is 2.76. The van der Waals surface area contributed by atoms with Crippen LogP contribution in [0.5, 0.6) is 11.5 Å². The summed E-state index contributed by atoms with van der Waals surface area (Å²) in [5, 5.41) is 23.2. The normalized spacial score (nSPS) is 20.5. The van der Waals surface area contributed by atoms with Gasteiger partial charge in [-0.3, -0.25) is 4.79 Å². The van der Waals surface area contributed by atoms with Gasteiger partial charge in [0, 0.05) is 17.3 Å². The molecule has 0 bridgehead atoms. The summed E-state index contributed by atoms with van der Waals surface area (Å²) in [7, 11) is 0. The predicted molar refractivity (Wildman–Crippen MR) is 81.8 cm³/mol. The molecule has 0 aromatic heterocycles. The van der Waals surface area contributed by atoms with E-state index in [1.165, 1.54) is 6.07 Å². The van der Waals surface area contributed by atoms with Crippen molar-refractivity contribution in [2.24, 2.45) is 0 Å². The van der Waals surface area contributed by atoms with Gasteiger partial charge in [-0.15, -0.1) is 0 Å². The molecule has 5 nitrogen and oxygen atoms in total. The lowest BCUT2D eigenvalue weighted by Crippen LogP contribution is -2.44. The number of carbonyl (C=O) groups excluding carboxylic acids is 1. The maximum atomic E-state index is 12.8. The van der Waals surface area contributed by atoms with Gasteiger partial charge in [0.2, 0.25) is 0 Å². The summed E-state index contributed by atoms with van der Waals surface area (Å²) in [5.41, 5.74) is 1.90. The van der Waals surface area contributed by atoms with Gasteiger partial charge in [-0.25, -0.2) is 0 Å². The first-order valence-corrected chi connectivity index (χ1v) is 7.36. The predicted octanol–water partition coefficient (Wildman–Crippen LogP) is 2.83. The molecule has 2 aromatic rings. The van der Waals surface area contributed by atoms with Crippen LogP contribution < -0.4 is 5.32 Å². The first kappa shape index (κ1) is 13.0. The maximum Gasteiger partial charge on any atom is 0.258 e. The molecule has 0 saturated heterocycles. The fourth-order valence-corrected chi connectivity index (χ4v) is 2.99. The molecular formula is C17H16N2O3. The van der Waals surface area contributed by atoms with E-state index in [-0.39, 0.29) is 23.4 Å². The van der Waals surface area contributed by atoms with Crippen LogP contribution in [0, 0.1) is 0 Å². The summed E-state index contributed by atoms with van der Waals surface area (Å²) >= 11 is 0. The van der Waals surface area contributed by atoms with Crippen LogP contribution in [0.25, 0.3) is 0 Å². The minimum absolute atomic E-state index is 0.0374. The minimum atomic E-state index is -0.470. The molecule has 1 aliphatic heterocycles. The monoisotopic (exact) mass is 296 g/mol. The van der Waals surface area contributed by atoms with Crippen LogP contribution in [0.4, 0.5) is 5.69 Å². The molecule has 0 radical (unpaired) electrons. The number of anilines is 1. The average molecular weight is 296 g/mol. The van der Waals surface area contributed by atoms with Crippen molar-refractivity contribution in [1.82, 2.24) is 4.90 Å². The van der Waals surface area contributed by atoms with Crippen molar-refractivity contribution < 1.29 is 15.0 Å². The second kappa shape index (κ2) is 4.66. The standard InChI is InChI=1S/C17H16N2O3/c20-14-7-3-5-12(15(14)21)16-18-13-6-2-1-4-11(13)17(22)19(16)10-8-9-10/h1-7,10,16,18,20-21H,8-9H2/t16-/m1/s1.